The van der Waals surface area contributed by atoms with E-state index in [1.165, 1.54) is 0 Å². The molecule has 0 bridgehead atoms. The fraction of sp³-hybridized carbons (Fsp3) is 0.615. The zero-order valence-electron chi connectivity index (χ0n) is 12.1. The van der Waals surface area contributed by atoms with E-state index < -0.39 is 0 Å². The van der Waals surface area contributed by atoms with Gasteiger partial charge in [-0.15, -0.1) is 11.3 Å². The molecule has 0 amide bonds. The molecule has 0 aliphatic rings. The molecule has 104 valence electrons. The van der Waals surface area contributed by atoms with Crippen LogP contribution in [0.25, 0.3) is 10.7 Å². The molecule has 4 nitrogen and oxygen atoms in total. The highest BCUT2D eigenvalue weighted by atomic mass is 32.1. The highest BCUT2D eigenvalue weighted by Gasteiger charge is 2.23. The molecule has 0 unspecified atom stereocenters. The van der Waals surface area contributed by atoms with Crippen LogP contribution in [0.3, 0.4) is 0 Å². The minimum Gasteiger partial charge on any atom is -0.300 e. The highest BCUT2D eigenvalue weighted by molar-refractivity contribution is 7.71. The minimum atomic E-state index is 0.0665. The van der Waals surface area contributed by atoms with Crippen molar-refractivity contribution in [2.75, 3.05) is 0 Å². The highest BCUT2D eigenvalue weighted by Crippen LogP contribution is 2.35. The van der Waals surface area contributed by atoms with Crippen molar-refractivity contribution in [1.82, 2.24) is 19.7 Å². The number of rotatable bonds is 3. The normalized spacial score (nSPS) is 12.1. The summed E-state index contributed by atoms with van der Waals surface area (Å²) in [7, 11) is 0. The lowest BCUT2D eigenvalue weighted by molar-refractivity contribution is 0.583. The maximum atomic E-state index is 5.26. The maximum absolute atomic E-state index is 5.26. The van der Waals surface area contributed by atoms with Gasteiger partial charge < -0.3 is 0 Å². The van der Waals surface area contributed by atoms with Crippen molar-refractivity contribution in [2.24, 2.45) is 0 Å². The third kappa shape index (κ3) is 2.65. The fourth-order valence-electron chi connectivity index (χ4n) is 1.87. The van der Waals surface area contributed by atoms with Crippen molar-refractivity contribution in [2.45, 2.75) is 53.0 Å². The largest absolute Gasteiger partial charge is 0.300 e. The molecule has 2 aromatic rings. The van der Waals surface area contributed by atoms with Crippen LogP contribution in [0, 0.1) is 4.77 Å². The van der Waals surface area contributed by atoms with Gasteiger partial charge in [-0.05, 0) is 25.6 Å². The number of nitrogens with one attached hydrogen (secondary N) is 1. The number of aryl methyl sites for hydroxylation is 1. The minimum absolute atomic E-state index is 0.0665. The molecule has 0 saturated heterocycles. The molecular formula is C13H20N4S2. The van der Waals surface area contributed by atoms with E-state index in [0.29, 0.717) is 4.77 Å². The quantitative estimate of drug-likeness (QED) is 0.873. The summed E-state index contributed by atoms with van der Waals surface area (Å²) in [5, 5.41) is 8.41. The van der Waals surface area contributed by atoms with Crippen LogP contribution in [0.2, 0.25) is 0 Å². The first-order chi connectivity index (χ1) is 8.88. The zero-order chi connectivity index (χ0) is 14.2. The second-order valence-electron chi connectivity index (χ2n) is 5.50. The Morgan fingerprint density at radius 2 is 2.00 bits per heavy atom. The van der Waals surface area contributed by atoms with Gasteiger partial charge in [-0.2, -0.15) is 5.10 Å². The van der Waals surface area contributed by atoms with Crippen LogP contribution in [-0.4, -0.2) is 19.7 Å². The van der Waals surface area contributed by atoms with Crippen LogP contribution in [0.5, 0.6) is 0 Å². The molecular weight excluding hydrogens is 276 g/mol. The summed E-state index contributed by atoms with van der Waals surface area (Å²) in [5.74, 6) is 0.914. The lowest BCUT2D eigenvalue weighted by Gasteiger charge is -2.13. The molecule has 0 fully saturated rings. The van der Waals surface area contributed by atoms with Crippen molar-refractivity contribution in [3.05, 3.63) is 15.5 Å². The molecule has 19 heavy (non-hydrogen) atoms. The van der Waals surface area contributed by atoms with Gasteiger partial charge in [0.2, 0.25) is 0 Å². The predicted octanol–water partition coefficient (Wildman–Crippen LogP) is 3.94. The van der Waals surface area contributed by atoms with E-state index in [4.69, 9.17) is 17.2 Å². The first kappa shape index (κ1) is 14.4. The number of aromatic amines is 1. The zero-order valence-corrected chi connectivity index (χ0v) is 13.7. The molecule has 0 saturated carbocycles. The molecule has 1 N–H and O–H groups in total. The number of H-pyrrole nitrogens is 1. The van der Waals surface area contributed by atoms with E-state index in [2.05, 4.69) is 44.8 Å². The maximum Gasteiger partial charge on any atom is 0.195 e. The van der Waals surface area contributed by atoms with Crippen LogP contribution in [0.15, 0.2) is 0 Å². The van der Waals surface area contributed by atoms with Crippen LogP contribution in [-0.2, 0) is 18.4 Å². The van der Waals surface area contributed by atoms with Crippen molar-refractivity contribution >= 4 is 23.6 Å². The molecule has 2 rings (SSSR count). The Morgan fingerprint density at radius 1 is 1.32 bits per heavy atom. The Kier molecular flexibility index (Phi) is 3.92. The van der Waals surface area contributed by atoms with Crippen molar-refractivity contribution in [3.8, 4) is 10.7 Å². The third-order valence-corrected chi connectivity index (χ3v) is 4.78. The smallest absolute Gasteiger partial charge is 0.195 e. The molecule has 0 aliphatic heterocycles. The van der Waals surface area contributed by atoms with Gasteiger partial charge in [-0.3, -0.25) is 9.67 Å². The topological polar surface area (TPSA) is 46.5 Å². The summed E-state index contributed by atoms with van der Waals surface area (Å²) in [6.45, 7) is 11.6. The Hall–Kier alpha value is -1.01. The molecule has 2 heterocycles. The third-order valence-electron chi connectivity index (χ3n) is 2.95. The van der Waals surface area contributed by atoms with E-state index in [1.54, 1.807) is 11.3 Å². The Balaban J connectivity index is 2.61. The number of nitrogens with zero attached hydrogens (tertiary/aromatic N) is 3. The molecule has 2 aromatic heterocycles. The van der Waals surface area contributed by atoms with Crippen LogP contribution < -0.4 is 0 Å². The summed E-state index contributed by atoms with van der Waals surface area (Å²) >= 11 is 6.99. The first-order valence-corrected chi connectivity index (χ1v) is 7.76. The summed E-state index contributed by atoms with van der Waals surface area (Å²) in [4.78, 5) is 5.92. The summed E-state index contributed by atoms with van der Waals surface area (Å²) in [5.41, 5.74) is 1.18. The molecule has 0 spiro atoms. The van der Waals surface area contributed by atoms with Crippen molar-refractivity contribution in [1.29, 1.82) is 0 Å². The second-order valence-corrected chi connectivity index (χ2v) is 6.88. The number of hydrogen-bond donors (Lipinski definition) is 1. The van der Waals surface area contributed by atoms with Gasteiger partial charge in [0, 0.05) is 12.0 Å². The first-order valence-electron chi connectivity index (χ1n) is 6.54. The summed E-state index contributed by atoms with van der Waals surface area (Å²) in [6, 6.07) is 0. The van der Waals surface area contributed by atoms with E-state index in [9.17, 15) is 0 Å². The predicted molar refractivity (Wildman–Crippen MR) is 82.3 cm³/mol. The average molecular weight is 296 g/mol. The monoisotopic (exact) mass is 296 g/mol. The molecule has 0 aromatic carbocycles. The molecule has 0 radical (unpaired) electrons. The van der Waals surface area contributed by atoms with Crippen LogP contribution in [0.4, 0.5) is 0 Å². The Labute approximate surface area is 122 Å². The van der Waals surface area contributed by atoms with E-state index >= 15 is 0 Å². The van der Waals surface area contributed by atoms with Crippen LogP contribution in [0.1, 0.15) is 45.3 Å². The van der Waals surface area contributed by atoms with E-state index in [1.807, 2.05) is 4.57 Å². The molecule has 6 heteroatoms. The van der Waals surface area contributed by atoms with Gasteiger partial charge in [0.25, 0.3) is 0 Å². The summed E-state index contributed by atoms with van der Waals surface area (Å²) < 4.78 is 2.69. The molecule has 0 aliphatic carbocycles. The van der Waals surface area contributed by atoms with Crippen molar-refractivity contribution < 1.29 is 0 Å². The number of thiazole rings is 1. The summed E-state index contributed by atoms with van der Waals surface area (Å²) in [6.07, 6.45) is 0.908. The lowest BCUT2D eigenvalue weighted by Crippen LogP contribution is -2.10. The fourth-order valence-corrected chi connectivity index (χ4v) is 3.34. The lowest BCUT2D eigenvalue weighted by atomic mass is 9.98. The van der Waals surface area contributed by atoms with Gasteiger partial charge in [0.1, 0.15) is 0 Å². The van der Waals surface area contributed by atoms with E-state index in [-0.39, 0.29) is 5.41 Å². The second kappa shape index (κ2) is 5.17. The average Bonchev–Trinajstić information content (AvgIpc) is 2.90. The van der Waals surface area contributed by atoms with Gasteiger partial charge >= 0.3 is 0 Å². The number of aromatic nitrogens is 4. The van der Waals surface area contributed by atoms with Gasteiger partial charge in [0.05, 0.1) is 15.6 Å². The van der Waals surface area contributed by atoms with Gasteiger partial charge in [-0.1, -0.05) is 27.7 Å². The molecule has 0 atom stereocenters. The van der Waals surface area contributed by atoms with E-state index in [0.717, 1.165) is 34.4 Å². The van der Waals surface area contributed by atoms with Crippen molar-refractivity contribution in [3.63, 3.8) is 0 Å². The van der Waals surface area contributed by atoms with Crippen LogP contribution >= 0.6 is 23.6 Å². The Morgan fingerprint density at radius 3 is 2.53 bits per heavy atom. The Bertz CT molecular complexity index is 628. The standard InChI is InChI=1S/C13H20N4S2/c1-6-8-9(19-11(14-8)13(3,4)5)10-15-16-12(18)17(10)7-2/h6-7H2,1-5H3,(H,16,18). The van der Waals surface area contributed by atoms with Gasteiger partial charge in [0.15, 0.2) is 10.6 Å². The SMILES string of the molecule is CCc1nc(C(C)(C)C)sc1-c1n[nH]c(=S)n1CC. The van der Waals surface area contributed by atoms with Gasteiger partial charge in [-0.25, -0.2) is 4.98 Å². The number of hydrogen-bond acceptors (Lipinski definition) is 4.